The number of halogens is 3. The Bertz CT molecular complexity index is 1260. The van der Waals surface area contributed by atoms with Crippen LogP contribution in [0.25, 0.3) is 0 Å². The molecule has 35 heavy (non-hydrogen) atoms. The standard InChI is InChI=1S/C24H18F3N3O5/c1-34-19-11-9-15(10-12-19)23(33)35-20-8-3-2-5-16(20)14-28-30-22(32)21(31)29-18-7-4-6-17(13-18)24(25,26)27/h2-14H,1H3,(H,29,31)(H,30,32)/b28-14+. The molecule has 3 aromatic rings. The lowest BCUT2D eigenvalue weighted by Gasteiger charge is -2.09. The van der Waals surface area contributed by atoms with E-state index in [1.165, 1.54) is 31.4 Å². The summed E-state index contributed by atoms with van der Waals surface area (Å²) in [6, 6.07) is 16.4. The van der Waals surface area contributed by atoms with Gasteiger partial charge in [-0.15, -0.1) is 0 Å². The van der Waals surface area contributed by atoms with Gasteiger partial charge in [-0.25, -0.2) is 10.2 Å². The summed E-state index contributed by atoms with van der Waals surface area (Å²) in [7, 11) is 1.50. The summed E-state index contributed by atoms with van der Waals surface area (Å²) in [5.74, 6) is -2.37. The first-order chi connectivity index (χ1) is 16.7. The number of hydrogen-bond donors (Lipinski definition) is 2. The number of nitrogens with one attached hydrogen (secondary N) is 2. The lowest BCUT2D eigenvalue weighted by Crippen LogP contribution is -2.32. The van der Waals surface area contributed by atoms with Gasteiger partial charge in [0, 0.05) is 11.3 Å². The van der Waals surface area contributed by atoms with Crippen molar-refractivity contribution in [3.63, 3.8) is 0 Å². The number of hydrazone groups is 1. The molecular weight excluding hydrogens is 467 g/mol. The van der Waals surface area contributed by atoms with Gasteiger partial charge in [0.25, 0.3) is 0 Å². The first-order valence-electron chi connectivity index (χ1n) is 9.94. The van der Waals surface area contributed by atoms with Crippen LogP contribution in [0.15, 0.2) is 77.9 Å². The number of methoxy groups -OCH3 is 1. The van der Waals surface area contributed by atoms with Crippen molar-refractivity contribution < 1.29 is 37.0 Å². The highest BCUT2D eigenvalue weighted by atomic mass is 19.4. The molecule has 2 amide bonds. The quantitative estimate of drug-likeness (QED) is 0.180. The van der Waals surface area contributed by atoms with Crippen molar-refractivity contribution in [1.29, 1.82) is 0 Å². The summed E-state index contributed by atoms with van der Waals surface area (Å²) in [6.45, 7) is 0. The van der Waals surface area contributed by atoms with Crippen LogP contribution in [0.1, 0.15) is 21.5 Å². The van der Waals surface area contributed by atoms with E-state index in [1.54, 1.807) is 30.3 Å². The Balaban J connectivity index is 1.61. The van der Waals surface area contributed by atoms with Gasteiger partial charge < -0.3 is 14.8 Å². The maximum Gasteiger partial charge on any atom is 0.416 e. The maximum absolute atomic E-state index is 12.8. The highest BCUT2D eigenvalue weighted by molar-refractivity contribution is 6.39. The molecule has 0 aromatic heterocycles. The molecule has 0 heterocycles. The Morgan fingerprint density at radius 2 is 1.63 bits per heavy atom. The van der Waals surface area contributed by atoms with Crippen LogP contribution in [-0.2, 0) is 15.8 Å². The minimum Gasteiger partial charge on any atom is -0.497 e. The summed E-state index contributed by atoms with van der Waals surface area (Å²) < 4.78 is 48.8. The van der Waals surface area contributed by atoms with Crippen LogP contribution >= 0.6 is 0 Å². The number of rotatable bonds is 6. The molecule has 0 saturated carbocycles. The first kappa shape index (κ1) is 25.0. The summed E-state index contributed by atoms with van der Waals surface area (Å²) in [4.78, 5) is 36.3. The van der Waals surface area contributed by atoms with Gasteiger partial charge in [0.2, 0.25) is 0 Å². The van der Waals surface area contributed by atoms with Gasteiger partial charge in [0.15, 0.2) is 0 Å². The fourth-order valence-electron chi connectivity index (χ4n) is 2.74. The number of benzene rings is 3. The van der Waals surface area contributed by atoms with Crippen LogP contribution in [0.4, 0.5) is 18.9 Å². The van der Waals surface area contributed by atoms with Gasteiger partial charge in [-0.05, 0) is 54.6 Å². The number of ether oxygens (including phenoxy) is 2. The minimum atomic E-state index is -4.60. The molecule has 0 aliphatic carbocycles. The van der Waals surface area contributed by atoms with Gasteiger partial charge in [-0.2, -0.15) is 18.3 Å². The molecule has 0 atom stereocenters. The number of esters is 1. The first-order valence-corrected chi connectivity index (χ1v) is 9.94. The van der Waals surface area contributed by atoms with Gasteiger partial charge in [0.05, 0.1) is 24.5 Å². The Hall–Kier alpha value is -4.67. The second kappa shape index (κ2) is 11.0. The molecule has 0 unspecified atom stereocenters. The maximum atomic E-state index is 12.8. The van der Waals surface area contributed by atoms with E-state index in [-0.39, 0.29) is 17.0 Å². The largest absolute Gasteiger partial charge is 0.497 e. The fourth-order valence-corrected chi connectivity index (χ4v) is 2.74. The third-order valence-electron chi connectivity index (χ3n) is 4.47. The molecule has 0 radical (unpaired) electrons. The van der Waals surface area contributed by atoms with E-state index in [1.807, 2.05) is 5.43 Å². The molecule has 180 valence electrons. The molecule has 3 aromatic carbocycles. The monoisotopic (exact) mass is 485 g/mol. The molecule has 0 aliphatic rings. The molecule has 8 nitrogen and oxygen atoms in total. The second-order valence-electron chi connectivity index (χ2n) is 6.89. The van der Waals surface area contributed by atoms with Crippen LogP contribution in [0.5, 0.6) is 11.5 Å². The fraction of sp³-hybridized carbons (Fsp3) is 0.0833. The molecule has 2 N–H and O–H groups in total. The predicted molar refractivity (Wildman–Crippen MR) is 120 cm³/mol. The highest BCUT2D eigenvalue weighted by Crippen LogP contribution is 2.30. The van der Waals surface area contributed by atoms with Crippen LogP contribution in [0.2, 0.25) is 0 Å². The van der Waals surface area contributed by atoms with E-state index in [9.17, 15) is 27.6 Å². The summed E-state index contributed by atoms with van der Waals surface area (Å²) in [6.07, 6.45) is -3.45. The highest BCUT2D eigenvalue weighted by Gasteiger charge is 2.30. The number of carbonyl (C=O) groups is 3. The van der Waals surface area contributed by atoms with E-state index in [4.69, 9.17) is 9.47 Å². The van der Waals surface area contributed by atoms with Gasteiger partial charge >= 0.3 is 24.0 Å². The zero-order chi connectivity index (χ0) is 25.4. The lowest BCUT2D eigenvalue weighted by atomic mass is 10.2. The van der Waals surface area contributed by atoms with E-state index in [2.05, 4.69) is 10.4 Å². The lowest BCUT2D eigenvalue weighted by molar-refractivity contribution is -0.137. The summed E-state index contributed by atoms with van der Waals surface area (Å²) in [5.41, 5.74) is 1.36. The van der Waals surface area contributed by atoms with Crippen molar-refractivity contribution >= 4 is 29.7 Å². The zero-order valence-electron chi connectivity index (χ0n) is 18.1. The van der Waals surface area contributed by atoms with Gasteiger partial charge in [0.1, 0.15) is 11.5 Å². The van der Waals surface area contributed by atoms with Crippen LogP contribution < -0.4 is 20.2 Å². The number of anilines is 1. The number of para-hydroxylation sites is 1. The van der Waals surface area contributed by atoms with E-state index >= 15 is 0 Å². The zero-order valence-corrected chi connectivity index (χ0v) is 18.1. The normalized spacial score (nSPS) is 11.1. The smallest absolute Gasteiger partial charge is 0.416 e. The molecule has 0 spiro atoms. The molecule has 0 aliphatic heterocycles. The SMILES string of the molecule is COc1ccc(C(=O)Oc2ccccc2/C=N/NC(=O)C(=O)Nc2cccc(C(F)(F)F)c2)cc1. The summed E-state index contributed by atoms with van der Waals surface area (Å²) in [5, 5.41) is 5.71. The van der Waals surface area contributed by atoms with Crippen molar-refractivity contribution in [3.05, 3.63) is 89.5 Å². The third kappa shape index (κ3) is 6.90. The molecule has 0 saturated heterocycles. The van der Waals surface area contributed by atoms with Crippen molar-refractivity contribution in [2.45, 2.75) is 6.18 Å². The molecular formula is C24H18F3N3O5. The average Bonchev–Trinajstić information content (AvgIpc) is 2.84. The number of hydrogen-bond acceptors (Lipinski definition) is 6. The van der Waals surface area contributed by atoms with Crippen LogP contribution in [-0.4, -0.2) is 31.1 Å². The van der Waals surface area contributed by atoms with Gasteiger partial charge in [-0.1, -0.05) is 18.2 Å². The number of amides is 2. The average molecular weight is 485 g/mol. The number of nitrogens with zero attached hydrogens (tertiary/aromatic N) is 1. The van der Waals surface area contributed by atoms with Crippen LogP contribution in [0, 0.1) is 0 Å². The Morgan fingerprint density at radius 1 is 0.914 bits per heavy atom. The van der Waals surface area contributed by atoms with E-state index < -0.39 is 29.5 Å². The van der Waals surface area contributed by atoms with Crippen molar-refractivity contribution in [1.82, 2.24) is 5.43 Å². The Kier molecular flexibility index (Phi) is 7.82. The van der Waals surface area contributed by atoms with Crippen LogP contribution in [0.3, 0.4) is 0 Å². The predicted octanol–water partition coefficient (Wildman–Crippen LogP) is 4.02. The Labute approximate surface area is 197 Å². The summed E-state index contributed by atoms with van der Waals surface area (Å²) >= 11 is 0. The Morgan fingerprint density at radius 3 is 2.31 bits per heavy atom. The number of carbonyl (C=O) groups excluding carboxylic acids is 3. The van der Waals surface area contributed by atoms with Crippen molar-refractivity contribution in [2.24, 2.45) is 5.10 Å². The topological polar surface area (TPSA) is 106 Å². The molecule has 11 heteroatoms. The van der Waals surface area contributed by atoms with E-state index in [0.717, 1.165) is 18.3 Å². The second-order valence-corrected chi connectivity index (χ2v) is 6.89. The van der Waals surface area contributed by atoms with E-state index in [0.29, 0.717) is 17.4 Å². The van der Waals surface area contributed by atoms with Crippen molar-refractivity contribution in [3.8, 4) is 11.5 Å². The third-order valence-corrected chi connectivity index (χ3v) is 4.47. The van der Waals surface area contributed by atoms with Gasteiger partial charge in [-0.3, -0.25) is 9.59 Å². The molecule has 0 bridgehead atoms. The minimum absolute atomic E-state index is 0.139. The molecule has 0 fully saturated rings. The number of alkyl halides is 3. The van der Waals surface area contributed by atoms with Crippen molar-refractivity contribution in [2.75, 3.05) is 12.4 Å². The molecule has 3 rings (SSSR count).